The molecule has 1 heterocycles. The molecule has 1 aromatic heterocycles. The molecule has 0 radical (unpaired) electrons. The zero-order valence-corrected chi connectivity index (χ0v) is 11.4. The van der Waals surface area contributed by atoms with Gasteiger partial charge in [0.25, 0.3) is 5.56 Å². The molecule has 0 fully saturated rings. The van der Waals surface area contributed by atoms with Gasteiger partial charge in [-0.25, -0.2) is 0 Å². The van der Waals surface area contributed by atoms with Gasteiger partial charge >= 0.3 is 0 Å². The van der Waals surface area contributed by atoms with Crippen LogP contribution in [0.2, 0.25) is 0 Å². The molecule has 3 rings (SSSR count). The minimum Gasteiger partial charge on any atom is -0.311 e. The fourth-order valence-electron chi connectivity index (χ4n) is 2.08. The lowest BCUT2D eigenvalue weighted by Crippen LogP contribution is -2.15. The highest BCUT2D eigenvalue weighted by molar-refractivity contribution is 7.99. The van der Waals surface area contributed by atoms with E-state index in [1.807, 2.05) is 43.4 Å². The van der Waals surface area contributed by atoms with E-state index in [0.29, 0.717) is 0 Å². The van der Waals surface area contributed by atoms with Gasteiger partial charge in [0.05, 0.1) is 5.52 Å². The zero-order valence-electron chi connectivity index (χ0n) is 10.5. The second-order valence-corrected chi connectivity index (χ2v) is 5.45. The summed E-state index contributed by atoms with van der Waals surface area (Å²) in [5.74, 6) is 0. The summed E-state index contributed by atoms with van der Waals surface area (Å²) in [5, 5.41) is 1.11. The van der Waals surface area contributed by atoms with Crippen molar-refractivity contribution in [2.24, 2.45) is 7.05 Å². The second-order valence-electron chi connectivity index (χ2n) is 4.34. The molecule has 3 aromatic rings. The first-order valence-corrected chi connectivity index (χ1v) is 6.89. The second kappa shape index (κ2) is 4.94. The number of hydrogen-bond donors (Lipinski definition) is 0. The molecule has 0 atom stereocenters. The van der Waals surface area contributed by atoms with E-state index in [9.17, 15) is 4.79 Å². The van der Waals surface area contributed by atoms with Gasteiger partial charge in [-0.2, -0.15) is 0 Å². The summed E-state index contributed by atoms with van der Waals surface area (Å²) >= 11 is 1.63. The maximum Gasteiger partial charge on any atom is 0.251 e. The lowest BCUT2D eigenvalue weighted by atomic mass is 10.2. The topological polar surface area (TPSA) is 22.0 Å². The average molecular weight is 267 g/mol. The highest BCUT2D eigenvalue weighted by Gasteiger charge is 2.07. The zero-order chi connectivity index (χ0) is 13.2. The van der Waals surface area contributed by atoms with Crippen LogP contribution >= 0.6 is 11.8 Å². The predicted molar refractivity (Wildman–Crippen MR) is 79.8 cm³/mol. The van der Waals surface area contributed by atoms with Crippen molar-refractivity contribution in [3.8, 4) is 0 Å². The van der Waals surface area contributed by atoms with Crippen LogP contribution in [0.15, 0.2) is 75.2 Å². The van der Waals surface area contributed by atoms with E-state index in [1.165, 1.54) is 0 Å². The molecule has 0 N–H and O–H groups in total. The van der Waals surface area contributed by atoms with Gasteiger partial charge in [0.1, 0.15) is 0 Å². The summed E-state index contributed by atoms with van der Waals surface area (Å²) in [6.45, 7) is 0. The maximum absolute atomic E-state index is 12.0. The van der Waals surface area contributed by atoms with Crippen molar-refractivity contribution < 1.29 is 0 Å². The normalized spacial score (nSPS) is 10.8. The Labute approximate surface area is 115 Å². The lowest BCUT2D eigenvalue weighted by molar-refractivity contribution is 0.898. The molecule has 94 valence electrons. The molecule has 0 bridgehead atoms. The Hall–Kier alpha value is -2.00. The minimum atomic E-state index is 0.0251. The Kier molecular flexibility index (Phi) is 3.13. The molecule has 0 aliphatic heterocycles. The summed E-state index contributed by atoms with van der Waals surface area (Å²) in [6.07, 6.45) is 0. The van der Waals surface area contributed by atoms with Crippen LogP contribution in [0, 0.1) is 0 Å². The number of hydrogen-bond acceptors (Lipinski definition) is 2. The van der Waals surface area contributed by atoms with Gasteiger partial charge in [-0.1, -0.05) is 48.2 Å². The number of benzene rings is 2. The van der Waals surface area contributed by atoms with Crippen molar-refractivity contribution in [3.05, 3.63) is 71.0 Å². The molecule has 0 aliphatic rings. The van der Waals surface area contributed by atoms with E-state index in [1.54, 1.807) is 22.4 Å². The van der Waals surface area contributed by atoms with Crippen LogP contribution in [0.1, 0.15) is 0 Å². The molecule has 2 aromatic carbocycles. The first kappa shape index (κ1) is 12.1. The van der Waals surface area contributed by atoms with Crippen LogP contribution in [0.4, 0.5) is 0 Å². The van der Waals surface area contributed by atoms with Gasteiger partial charge in [-0.05, 0) is 18.2 Å². The standard InChI is InChI=1S/C16H13NOS/c1-17-14-10-6-5-9-13(14)15(11-16(17)18)19-12-7-3-2-4-8-12/h2-11H,1H3. The molecule has 0 unspecified atom stereocenters. The minimum absolute atomic E-state index is 0.0251. The Bertz CT molecular complexity index is 778. The summed E-state index contributed by atoms with van der Waals surface area (Å²) in [7, 11) is 1.81. The Morgan fingerprint density at radius 1 is 0.947 bits per heavy atom. The molecular weight excluding hydrogens is 254 g/mol. The van der Waals surface area contributed by atoms with Gasteiger partial charge in [-0.3, -0.25) is 4.79 Å². The van der Waals surface area contributed by atoms with Crippen LogP contribution < -0.4 is 5.56 Å². The molecule has 0 spiro atoms. The monoisotopic (exact) mass is 267 g/mol. The number of fused-ring (bicyclic) bond motifs is 1. The number of nitrogens with zero attached hydrogens (tertiary/aromatic N) is 1. The van der Waals surface area contributed by atoms with E-state index in [-0.39, 0.29) is 5.56 Å². The SMILES string of the molecule is Cn1c(=O)cc(Sc2ccccc2)c2ccccc21. The van der Waals surface area contributed by atoms with Gasteiger partial charge in [0.15, 0.2) is 0 Å². The van der Waals surface area contributed by atoms with E-state index in [0.717, 1.165) is 20.7 Å². The van der Waals surface area contributed by atoms with Crippen LogP contribution in [-0.2, 0) is 7.05 Å². The summed E-state index contributed by atoms with van der Waals surface area (Å²) in [4.78, 5) is 14.1. The molecule has 19 heavy (non-hydrogen) atoms. The predicted octanol–water partition coefficient (Wildman–Crippen LogP) is 3.69. The molecule has 0 aliphatic carbocycles. The Balaban J connectivity index is 2.19. The van der Waals surface area contributed by atoms with Crippen molar-refractivity contribution in [1.29, 1.82) is 0 Å². The maximum atomic E-state index is 12.0. The quantitative estimate of drug-likeness (QED) is 0.706. The third-order valence-corrected chi connectivity index (χ3v) is 4.15. The summed E-state index contributed by atoms with van der Waals surface area (Å²) < 4.78 is 1.68. The highest BCUT2D eigenvalue weighted by atomic mass is 32.2. The lowest BCUT2D eigenvalue weighted by Gasteiger charge is -2.09. The van der Waals surface area contributed by atoms with Gasteiger partial charge in [-0.15, -0.1) is 0 Å². The van der Waals surface area contributed by atoms with Crippen LogP contribution in [0.3, 0.4) is 0 Å². The average Bonchev–Trinajstić information content (AvgIpc) is 2.46. The molecule has 0 amide bonds. The van der Waals surface area contributed by atoms with Crippen molar-refractivity contribution in [3.63, 3.8) is 0 Å². The van der Waals surface area contributed by atoms with Crippen LogP contribution in [-0.4, -0.2) is 4.57 Å². The third-order valence-electron chi connectivity index (χ3n) is 3.09. The number of aromatic nitrogens is 1. The summed E-state index contributed by atoms with van der Waals surface area (Å²) in [6, 6.07) is 19.8. The van der Waals surface area contributed by atoms with Crippen molar-refractivity contribution >= 4 is 22.7 Å². The van der Waals surface area contributed by atoms with Crippen molar-refractivity contribution in [1.82, 2.24) is 4.57 Å². The fourth-order valence-corrected chi connectivity index (χ4v) is 3.07. The summed E-state index contributed by atoms with van der Waals surface area (Å²) in [5.41, 5.74) is 0.991. The largest absolute Gasteiger partial charge is 0.311 e. The van der Waals surface area contributed by atoms with E-state index < -0.39 is 0 Å². The number of rotatable bonds is 2. The fraction of sp³-hybridized carbons (Fsp3) is 0.0625. The molecule has 2 nitrogen and oxygen atoms in total. The number of para-hydroxylation sites is 1. The van der Waals surface area contributed by atoms with E-state index >= 15 is 0 Å². The van der Waals surface area contributed by atoms with Gasteiger partial charge in [0.2, 0.25) is 0 Å². The van der Waals surface area contributed by atoms with Crippen LogP contribution in [0.5, 0.6) is 0 Å². The molecular formula is C16H13NOS. The van der Waals surface area contributed by atoms with Gasteiger partial charge in [0, 0.05) is 28.3 Å². The first-order valence-electron chi connectivity index (χ1n) is 6.07. The first-order chi connectivity index (χ1) is 9.25. The van der Waals surface area contributed by atoms with Gasteiger partial charge < -0.3 is 4.57 Å². The van der Waals surface area contributed by atoms with E-state index in [4.69, 9.17) is 0 Å². The third kappa shape index (κ3) is 2.29. The van der Waals surface area contributed by atoms with Crippen molar-refractivity contribution in [2.75, 3.05) is 0 Å². The molecule has 3 heteroatoms. The number of aryl methyl sites for hydroxylation is 1. The van der Waals surface area contributed by atoms with Crippen molar-refractivity contribution in [2.45, 2.75) is 9.79 Å². The Morgan fingerprint density at radius 3 is 2.42 bits per heavy atom. The highest BCUT2D eigenvalue weighted by Crippen LogP contribution is 2.31. The number of pyridine rings is 1. The molecule has 0 saturated heterocycles. The van der Waals surface area contributed by atoms with Crippen LogP contribution in [0.25, 0.3) is 10.9 Å². The molecule has 0 saturated carbocycles. The van der Waals surface area contributed by atoms with E-state index in [2.05, 4.69) is 18.2 Å². The Morgan fingerprint density at radius 2 is 1.63 bits per heavy atom. The smallest absolute Gasteiger partial charge is 0.251 e.